The fourth-order valence-corrected chi connectivity index (χ4v) is 7.64. The van der Waals surface area contributed by atoms with Crippen LogP contribution in [-0.2, 0) is 29.8 Å². The van der Waals surface area contributed by atoms with Crippen LogP contribution in [0.5, 0.6) is 0 Å². The van der Waals surface area contributed by atoms with Gasteiger partial charge < -0.3 is 19.3 Å². The number of alkyl carbamates (subject to hydrolysis) is 1. The molecule has 0 fully saturated rings. The molecular weight excluding hydrogens is 533 g/mol. The third-order valence-corrected chi connectivity index (χ3v) is 9.44. The van der Waals surface area contributed by atoms with Gasteiger partial charge in [-0.05, 0) is 80.1 Å². The van der Waals surface area contributed by atoms with Crippen molar-refractivity contribution in [2.24, 2.45) is 5.92 Å². The van der Waals surface area contributed by atoms with E-state index in [1.165, 1.54) is 0 Å². The van der Waals surface area contributed by atoms with Crippen LogP contribution in [0, 0.1) is 5.92 Å². The molecule has 3 aromatic rings. The second-order valence-electron chi connectivity index (χ2n) is 10.1. The van der Waals surface area contributed by atoms with Crippen molar-refractivity contribution >= 4 is 30.8 Å². The van der Waals surface area contributed by atoms with Crippen LogP contribution in [0.3, 0.4) is 0 Å². The van der Waals surface area contributed by atoms with Gasteiger partial charge in [0.05, 0.1) is 19.1 Å². The maximum absolute atomic E-state index is 14.6. The Labute approximate surface area is 235 Å². The molecule has 0 spiro atoms. The maximum atomic E-state index is 14.6. The monoisotopic (exact) mass is 571 g/mol. The first kappa shape index (κ1) is 30.6. The molecule has 0 saturated carbocycles. The van der Waals surface area contributed by atoms with Gasteiger partial charge in [-0.1, -0.05) is 54.6 Å². The molecule has 0 radical (unpaired) electrons. The predicted octanol–water partition coefficient (Wildman–Crippen LogP) is 7.68. The minimum absolute atomic E-state index is 0.110. The molecular formula is C30H38NO6PS. The zero-order valence-corrected chi connectivity index (χ0v) is 24.9. The Morgan fingerprint density at radius 3 is 2.21 bits per heavy atom. The summed E-state index contributed by atoms with van der Waals surface area (Å²) in [6, 6.07) is 19.0. The van der Waals surface area contributed by atoms with Gasteiger partial charge in [0.15, 0.2) is 0 Å². The van der Waals surface area contributed by atoms with Gasteiger partial charge in [-0.3, -0.25) is 9.36 Å². The van der Waals surface area contributed by atoms with Gasteiger partial charge in [-0.2, -0.15) is 11.3 Å². The number of carbonyl (C=O) groups excluding carboxylic acids is 2. The van der Waals surface area contributed by atoms with Gasteiger partial charge in [-0.25, -0.2) is 4.79 Å². The van der Waals surface area contributed by atoms with Gasteiger partial charge in [-0.15, -0.1) is 0 Å². The van der Waals surface area contributed by atoms with Crippen LogP contribution >= 0.6 is 18.7 Å². The molecule has 1 unspecified atom stereocenters. The number of amides is 1. The van der Waals surface area contributed by atoms with Crippen molar-refractivity contribution in [3.63, 3.8) is 0 Å². The molecule has 0 aliphatic heterocycles. The number of hydrogen-bond donors (Lipinski definition) is 1. The molecule has 7 nitrogen and oxygen atoms in total. The molecule has 9 heteroatoms. The number of nitrogens with one attached hydrogen (secondary N) is 1. The zero-order chi connectivity index (χ0) is 28.5. The third kappa shape index (κ3) is 9.06. The molecule has 3 rings (SSSR count). The van der Waals surface area contributed by atoms with Crippen LogP contribution in [0.25, 0.3) is 11.1 Å². The van der Waals surface area contributed by atoms with Gasteiger partial charge in [0.25, 0.3) is 0 Å². The molecule has 39 heavy (non-hydrogen) atoms. The number of esters is 1. The molecule has 2 aromatic carbocycles. The topological polar surface area (TPSA) is 90.9 Å². The van der Waals surface area contributed by atoms with Crippen LogP contribution in [0.15, 0.2) is 71.4 Å². The lowest BCUT2D eigenvalue weighted by Crippen LogP contribution is -2.36. The van der Waals surface area contributed by atoms with Gasteiger partial charge in [0, 0.05) is 6.16 Å². The van der Waals surface area contributed by atoms with Gasteiger partial charge in [0.1, 0.15) is 11.4 Å². The summed E-state index contributed by atoms with van der Waals surface area (Å²) >= 11 is 1.63. The van der Waals surface area contributed by atoms with Crippen LogP contribution in [0.4, 0.5) is 4.79 Å². The summed E-state index contributed by atoms with van der Waals surface area (Å²) in [5.74, 6) is -2.21. The molecule has 1 amide bonds. The predicted molar refractivity (Wildman–Crippen MR) is 156 cm³/mol. The van der Waals surface area contributed by atoms with Crippen LogP contribution < -0.4 is 5.32 Å². The fourth-order valence-electron chi connectivity index (χ4n) is 4.25. The van der Waals surface area contributed by atoms with E-state index in [1.807, 2.05) is 35.7 Å². The highest BCUT2D eigenvalue weighted by molar-refractivity contribution is 7.59. The van der Waals surface area contributed by atoms with Crippen LogP contribution in [0.2, 0.25) is 0 Å². The summed E-state index contributed by atoms with van der Waals surface area (Å²) in [5.41, 5.74) is 2.98. The van der Waals surface area contributed by atoms with E-state index in [0.29, 0.717) is 12.0 Å². The smallest absolute Gasteiger partial charge is 0.408 e. The SMILES string of the molecule is CCOC(=O)[C@H](Cc1ccc(-c2ccsc2)cc1)CP(=O)(OCC)[C@@H](NC(=O)OC(C)(C)C)c1ccccc1. The Morgan fingerprint density at radius 1 is 0.949 bits per heavy atom. The second kappa shape index (κ2) is 13.9. The van der Waals surface area contributed by atoms with E-state index in [9.17, 15) is 14.2 Å². The molecule has 0 bridgehead atoms. The summed E-state index contributed by atoms with van der Waals surface area (Å²) in [5, 5.41) is 6.89. The lowest BCUT2D eigenvalue weighted by molar-refractivity contribution is -0.147. The normalized spacial score (nSPS) is 14.6. The molecule has 0 saturated heterocycles. The molecule has 1 N–H and O–H groups in total. The van der Waals surface area contributed by atoms with Crippen molar-refractivity contribution in [2.75, 3.05) is 19.4 Å². The number of hydrogen-bond acceptors (Lipinski definition) is 7. The Kier molecular flexibility index (Phi) is 10.9. The lowest BCUT2D eigenvalue weighted by atomic mass is 9.99. The molecule has 1 heterocycles. The highest BCUT2D eigenvalue weighted by atomic mass is 32.1. The quantitative estimate of drug-likeness (QED) is 0.177. The minimum Gasteiger partial charge on any atom is -0.466 e. The first-order chi connectivity index (χ1) is 18.5. The van der Waals surface area contributed by atoms with E-state index in [2.05, 4.69) is 16.8 Å². The minimum atomic E-state index is -3.70. The molecule has 1 aromatic heterocycles. The lowest BCUT2D eigenvalue weighted by Gasteiger charge is -2.31. The van der Waals surface area contributed by atoms with E-state index in [-0.39, 0.29) is 19.4 Å². The number of ether oxygens (including phenoxy) is 2. The highest BCUT2D eigenvalue weighted by Gasteiger charge is 2.41. The summed E-state index contributed by atoms with van der Waals surface area (Å²) < 4.78 is 31.4. The van der Waals surface area contributed by atoms with Crippen LogP contribution in [0.1, 0.15) is 51.5 Å². The van der Waals surface area contributed by atoms with E-state index in [0.717, 1.165) is 16.7 Å². The van der Waals surface area contributed by atoms with E-state index in [4.69, 9.17) is 14.0 Å². The fraction of sp³-hybridized carbons (Fsp3) is 0.400. The van der Waals surface area contributed by atoms with Crippen molar-refractivity contribution in [3.8, 4) is 11.1 Å². The Hall–Kier alpha value is -2.93. The number of thiophene rings is 1. The van der Waals surface area contributed by atoms with E-state index in [1.54, 1.807) is 70.2 Å². The van der Waals surface area contributed by atoms with E-state index < -0.39 is 36.7 Å². The van der Waals surface area contributed by atoms with Gasteiger partial charge >= 0.3 is 12.1 Å². The Bertz CT molecular complexity index is 1240. The van der Waals surface area contributed by atoms with Crippen LogP contribution in [-0.4, -0.2) is 37.0 Å². The molecule has 3 atom stereocenters. The molecule has 0 aliphatic carbocycles. The highest BCUT2D eigenvalue weighted by Crippen LogP contribution is 2.60. The summed E-state index contributed by atoms with van der Waals surface area (Å²) in [6.07, 6.45) is -0.511. The van der Waals surface area contributed by atoms with Crippen molar-refractivity contribution in [2.45, 2.75) is 52.4 Å². The van der Waals surface area contributed by atoms with Crippen molar-refractivity contribution in [1.29, 1.82) is 0 Å². The number of rotatable bonds is 12. The molecule has 210 valence electrons. The van der Waals surface area contributed by atoms with Crippen molar-refractivity contribution in [1.82, 2.24) is 5.32 Å². The largest absolute Gasteiger partial charge is 0.466 e. The molecule has 0 aliphatic rings. The average Bonchev–Trinajstić information content (AvgIpc) is 3.42. The first-order valence-electron chi connectivity index (χ1n) is 13.1. The summed E-state index contributed by atoms with van der Waals surface area (Å²) in [6.45, 7) is 9.09. The third-order valence-electron chi connectivity index (χ3n) is 5.90. The Morgan fingerprint density at radius 2 is 1.64 bits per heavy atom. The summed E-state index contributed by atoms with van der Waals surface area (Å²) in [7, 11) is -3.70. The number of benzene rings is 2. The number of carbonyl (C=O) groups is 2. The second-order valence-corrected chi connectivity index (χ2v) is 13.5. The van der Waals surface area contributed by atoms with Gasteiger partial charge in [0.2, 0.25) is 7.37 Å². The maximum Gasteiger partial charge on any atom is 0.408 e. The summed E-state index contributed by atoms with van der Waals surface area (Å²) in [4.78, 5) is 26.0. The average molecular weight is 572 g/mol. The van der Waals surface area contributed by atoms with E-state index >= 15 is 0 Å². The first-order valence-corrected chi connectivity index (χ1v) is 15.9. The van der Waals surface area contributed by atoms with Crippen molar-refractivity contribution in [3.05, 3.63) is 82.6 Å². The Balaban J connectivity index is 1.93. The zero-order valence-electron chi connectivity index (χ0n) is 23.2. The standard InChI is InChI=1S/C30H38NO6PS/c1-6-35-28(32)26(19-22-13-15-23(16-14-22)25-17-18-39-21-25)20-38(34,36-7-2)27(24-11-9-8-10-12-24)31-29(33)37-30(3,4)5/h8-18,21,26-27H,6-7,19-20H2,1-5H3,(H,31,33)/t26-,27-,38?/m1/s1. The van der Waals surface area contributed by atoms with Crippen molar-refractivity contribution < 1.29 is 28.2 Å².